The van der Waals surface area contributed by atoms with E-state index in [4.69, 9.17) is 9.47 Å². The molecule has 1 aromatic carbocycles. The van der Waals surface area contributed by atoms with E-state index < -0.39 is 17.8 Å². The monoisotopic (exact) mass is 462 g/mol. The molecule has 2 aromatic heterocycles. The second kappa shape index (κ2) is 9.04. The van der Waals surface area contributed by atoms with Crippen molar-refractivity contribution in [2.75, 3.05) is 13.7 Å². The zero-order valence-corrected chi connectivity index (χ0v) is 17.9. The van der Waals surface area contributed by atoms with Crippen molar-refractivity contribution in [3.8, 4) is 17.4 Å². The van der Waals surface area contributed by atoms with Gasteiger partial charge in [-0.3, -0.25) is 4.79 Å². The number of likely N-dealkylation sites (tertiary alicyclic amines) is 1. The topological polar surface area (TPSA) is 95.3 Å². The molecule has 2 atom stereocenters. The van der Waals surface area contributed by atoms with Crippen molar-refractivity contribution in [2.45, 2.75) is 38.1 Å². The van der Waals surface area contributed by atoms with Crippen LogP contribution in [0.3, 0.4) is 0 Å². The number of hydrogen-bond acceptors (Lipinski definition) is 7. The maximum absolute atomic E-state index is 13.5. The lowest BCUT2D eigenvalue weighted by molar-refractivity contribution is -0.138. The average molecular weight is 462 g/mol. The number of ether oxygens (including phenoxy) is 2. The smallest absolute Gasteiger partial charge is 0.419 e. The number of rotatable bonds is 5. The van der Waals surface area contributed by atoms with Crippen LogP contribution in [0.2, 0.25) is 0 Å². The van der Waals surface area contributed by atoms with Crippen molar-refractivity contribution >= 4 is 5.91 Å². The predicted molar refractivity (Wildman–Crippen MR) is 109 cm³/mol. The van der Waals surface area contributed by atoms with Gasteiger partial charge in [0.05, 0.1) is 36.7 Å². The molecule has 3 aromatic rings. The normalized spacial score (nSPS) is 18.8. The van der Waals surface area contributed by atoms with Crippen LogP contribution in [0.1, 0.15) is 35.7 Å². The SMILES string of the molecule is COc1ccc(C(=O)N2CCCC(Oc3ncc(C(F)(F)F)cn3)C2C)c(-n2nccn2)c1. The lowest BCUT2D eigenvalue weighted by atomic mass is 9.98. The zero-order chi connectivity index (χ0) is 23.6. The molecule has 1 fully saturated rings. The largest absolute Gasteiger partial charge is 0.497 e. The number of benzene rings is 1. The predicted octanol–water partition coefficient (Wildman–Crippen LogP) is 3.16. The Hall–Kier alpha value is -3.70. The second-order valence-electron chi connectivity index (χ2n) is 7.49. The number of carbonyl (C=O) groups excluding carboxylic acids is 1. The van der Waals surface area contributed by atoms with Gasteiger partial charge >= 0.3 is 12.2 Å². The van der Waals surface area contributed by atoms with E-state index in [1.165, 1.54) is 24.3 Å². The van der Waals surface area contributed by atoms with E-state index in [0.29, 0.717) is 48.8 Å². The molecule has 1 aliphatic heterocycles. The van der Waals surface area contributed by atoms with Crippen LogP contribution in [0.25, 0.3) is 5.69 Å². The van der Waals surface area contributed by atoms with Gasteiger partial charge in [0.15, 0.2) is 0 Å². The molecule has 0 N–H and O–H groups in total. The van der Waals surface area contributed by atoms with Gasteiger partial charge < -0.3 is 14.4 Å². The Morgan fingerprint density at radius 1 is 1.15 bits per heavy atom. The number of methoxy groups -OCH3 is 1. The second-order valence-corrected chi connectivity index (χ2v) is 7.49. The molecule has 0 spiro atoms. The number of aromatic nitrogens is 5. The number of nitrogens with zero attached hydrogens (tertiary/aromatic N) is 6. The van der Waals surface area contributed by atoms with E-state index in [0.717, 1.165) is 0 Å². The minimum Gasteiger partial charge on any atom is -0.497 e. The van der Waals surface area contributed by atoms with Crippen LogP contribution in [0.4, 0.5) is 13.2 Å². The van der Waals surface area contributed by atoms with Gasteiger partial charge in [-0.05, 0) is 31.9 Å². The van der Waals surface area contributed by atoms with Crippen LogP contribution < -0.4 is 9.47 Å². The highest BCUT2D eigenvalue weighted by Crippen LogP contribution is 2.30. The fourth-order valence-corrected chi connectivity index (χ4v) is 3.69. The Bertz CT molecular complexity index is 1110. The molecule has 12 heteroatoms. The Balaban J connectivity index is 1.55. The number of piperidine rings is 1. The highest BCUT2D eigenvalue weighted by atomic mass is 19.4. The van der Waals surface area contributed by atoms with Gasteiger partial charge in [-0.2, -0.15) is 28.2 Å². The summed E-state index contributed by atoms with van der Waals surface area (Å²) < 4.78 is 49.2. The van der Waals surface area contributed by atoms with E-state index >= 15 is 0 Å². The van der Waals surface area contributed by atoms with Crippen LogP contribution in [-0.4, -0.2) is 61.6 Å². The van der Waals surface area contributed by atoms with Crippen molar-refractivity contribution in [3.63, 3.8) is 0 Å². The minimum absolute atomic E-state index is 0.167. The Labute approximate surface area is 187 Å². The van der Waals surface area contributed by atoms with E-state index in [2.05, 4.69) is 20.2 Å². The molecule has 1 saturated heterocycles. The first-order chi connectivity index (χ1) is 15.8. The van der Waals surface area contributed by atoms with Crippen LogP contribution in [0, 0.1) is 0 Å². The van der Waals surface area contributed by atoms with Gasteiger partial charge in [0, 0.05) is 25.0 Å². The summed E-state index contributed by atoms with van der Waals surface area (Å²) in [7, 11) is 1.52. The van der Waals surface area contributed by atoms with Crippen molar-refractivity contribution in [1.29, 1.82) is 0 Å². The van der Waals surface area contributed by atoms with Crippen LogP contribution in [0.5, 0.6) is 11.8 Å². The molecular weight excluding hydrogens is 441 g/mol. The fourth-order valence-electron chi connectivity index (χ4n) is 3.69. The van der Waals surface area contributed by atoms with Gasteiger partial charge in [-0.15, -0.1) is 0 Å². The van der Waals surface area contributed by atoms with Gasteiger partial charge in [0.2, 0.25) is 0 Å². The maximum Gasteiger partial charge on any atom is 0.419 e. The third-order valence-electron chi connectivity index (χ3n) is 5.46. The van der Waals surface area contributed by atoms with E-state index in [-0.39, 0.29) is 18.0 Å². The van der Waals surface area contributed by atoms with Crippen LogP contribution in [0.15, 0.2) is 43.0 Å². The summed E-state index contributed by atoms with van der Waals surface area (Å²) in [6.07, 6.45) is 0.608. The molecule has 0 aliphatic carbocycles. The van der Waals surface area contributed by atoms with Crippen LogP contribution >= 0.6 is 0 Å². The zero-order valence-electron chi connectivity index (χ0n) is 17.9. The maximum atomic E-state index is 13.5. The fraction of sp³-hybridized carbons (Fsp3) is 0.381. The summed E-state index contributed by atoms with van der Waals surface area (Å²) in [6.45, 7) is 2.31. The Morgan fingerprint density at radius 3 is 2.48 bits per heavy atom. The average Bonchev–Trinajstić information content (AvgIpc) is 3.34. The molecule has 1 aliphatic rings. The quantitative estimate of drug-likeness (QED) is 0.575. The molecular formula is C21H21F3N6O3. The minimum atomic E-state index is -4.53. The summed E-state index contributed by atoms with van der Waals surface area (Å²) in [5.74, 6) is 0.297. The standard InChI is InChI=1S/C21H21F3N6O3/c1-13-18(33-20-25-11-14(12-26-20)21(22,23)24)4-3-9-29(13)19(31)16-6-5-15(32-2)10-17(16)30-27-7-8-28-30/h5-8,10-13,18H,3-4,9H2,1-2H3. The molecule has 9 nitrogen and oxygen atoms in total. The van der Waals surface area contributed by atoms with Gasteiger partial charge in [-0.1, -0.05) is 0 Å². The van der Waals surface area contributed by atoms with Crippen molar-refractivity contribution in [3.05, 3.63) is 54.1 Å². The van der Waals surface area contributed by atoms with Crippen molar-refractivity contribution < 1.29 is 27.4 Å². The van der Waals surface area contributed by atoms with E-state index in [9.17, 15) is 18.0 Å². The summed E-state index contributed by atoms with van der Waals surface area (Å²) in [6, 6.07) is 4.46. The summed E-state index contributed by atoms with van der Waals surface area (Å²) in [5, 5.41) is 8.24. The summed E-state index contributed by atoms with van der Waals surface area (Å²) >= 11 is 0. The first-order valence-corrected chi connectivity index (χ1v) is 10.2. The summed E-state index contributed by atoms with van der Waals surface area (Å²) in [4.78, 5) is 23.8. The third kappa shape index (κ3) is 4.73. The molecule has 2 unspecified atom stereocenters. The third-order valence-corrected chi connectivity index (χ3v) is 5.46. The van der Waals surface area contributed by atoms with Gasteiger partial charge in [-0.25, -0.2) is 9.97 Å². The molecule has 3 heterocycles. The summed E-state index contributed by atoms with van der Waals surface area (Å²) in [5.41, 5.74) is -0.112. The highest BCUT2D eigenvalue weighted by Gasteiger charge is 2.35. The van der Waals surface area contributed by atoms with Crippen molar-refractivity contribution in [2.24, 2.45) is 0 Å². The van der Waals surface area contributed by atoms with Gasteiger partial charge in [0.25, 0.3) is 5.91 Å². The Kier molecular flexibility index (Phi) is 6.16. The van der Waals surface area contributed by atoms with Crippen molar-refractivity contribution in [1.82, 2.24) is 29.9 Å². The molecule has 0 radical (unpaired) electrons. The number of carbonyl (C=O) groups is 1. The number of hydrogen-bond donors (Lipinski definition) is 0. The van der Waals surface area contributed by atoms with Crippen LogP contribution in [-0.2, 0) is 6.18 Å². The molecule has 0 saturated carbocycles. The number of halogens is 3. The van der Waals surface area contributed by atoms with E-state index in [1.54, 1.807) is 23.1 Å². The molecule has 33 heavy (non-hydrogen) atoms. The molecule has 4 rings (SSSR count). The van der Waals surface area contributed by atoms with Gasteiger partial charge in [0.1, 0.15) is 17.5 Å². The first kappa shape index (κ1) is 22.5. The molecule has 1 amide bonds. The Morgan fingerprint density at radius 2 is 1.85 bits per heavy atom. The van der Waals surface area contributed by atoms with E-state index in [1.807, 2.05) is 6.92 Å². The number of alkyl halides is 3. The number of amides is 1. The lowest BCUT2D eigenvalue weighted by Crippen LogP contribution is -2.51. The molecule has 0 bridgehead atoms. The molecule has 174 valence electrons. The first-order valence-electron chi connectivity index (χ1n) is 10.2. The lowest BCUT2D eigenvalue weighted by Gasteiger charge is -2.39. The highest BCUT2D eigenvalue weighted by molar-refractivity contribution is 5.98.